The highest BCUT2D eigenvalue weighted by Crippen LogP contribution is 2.44. The number of fused-ring (bicyclic) bond motifs is 1. The third-order valence-corrected chi connectivity index (χ3v) is 8.98. The van der Waals surface area contributed by atoms with Crippen molar-refractivity contribution in [2.75, 3.05) is 32.4 Å². The number of nitrogens with zero attached hydrogens (tertiary/aromatic N) is 2. The van der Waals surface area contributed by atoms with E-state index in [0.29, 0.717) is 21.8 Å². The van der Waals surface area contributed by atoms with Gasteiger partial charge in [-0.05, 0) is 93.7 Å². The Labute approximate surface area is 206 Å². The van der Waals surface area contributed by atoms with Crippen LogP contribution in [0.5, 0.6) is 5.75 Å². The summed E-state index contributed by atoms with van der Waals surface area (Å²) in [6.07, 6.45) is 6.82. The lowest BCUT2D eigenvalue weighted by Gasteiger charge is -2.36. The van der Waals surface area contributed by atoms with Gasteiger partial charge in [0.15, 0.2) is 9.84 Å². The normalized spacial score (nSPS) is 26.1. The minimum absolute atomic E-state index is 0.167. The maximum absolute atomic E-state index is 11.9. The van der Waals surface area contributed by atoms with Gasteiger partial charge in [0.1, 0.15) is 11.9 Å². The molecule has 0 bridgehead atoms. The fraction of sp³-hybridized carbons (Fsp3) is 0.520. The van der Waals surface area contributed by atoms with Crippen LogP contribution in [0.15, 0.2) is 41.3 Å². The highest BCUT2D eigenvalue weighted by atomic mass is 35.5. The molecule has 5 nitrogen and oxygen atoms in total. The lowest BCUT2D eigenvalue weighted by Crippen LogP contribution is -2.47. The summed E-state index contributed by atoms with van der Waals surface area (Å²) in [5.74, 6) is 0.650. The molecular formula is C25H30Cl2N2O3S. The Kier molecular flexibility index (Phi) is 6.66. The summed E-state index contributed by atoms with van der Waals surface area (Å²) < 4.78 is 30.3. The topological polar surface area (TPSA) is 49.9 Å². The molecule has 2 fully saturated rings. The molecule has 2 saturated heterocycles. The molecule has 2 aromatic rings. The van der Waals surface area contributed by atoms with Crippen molar-refractivity contribution in [3.63, 3.8) is 0 Å². The van der Waals surface area contributed by atoms with Gasteiger partial charge in [-0.3, -0.25) is 4.90 Å². The quantitative estimate of drug-likeness (QED) is 0.549. The summed E-state index contributed by atoms with van der Waals surface area (Å²) in [7, 11) is -3.25. The van der Waals surface area contributed by atoms with Crippen LogP contribution < -0.4 is 4.74 Å². The van der Waals surface area contributed by atoms with Crippen LogP contribution >= 0.6 is 23.2 Å². The van der Waals surface area contributed by atoms with Crippen LogP contribution in [0.2, 0.25) is 10.0 Å². The van der Waals surface area contributed by atoms with E-state index in [1.54, 1.807) is 24.3 Å². The van der Waals surface area contributed by atoms with Gasteiger partial charge < -0.3 is 9.64 Å². The Morgan fingerprint density at radius 1 is 1.03 bits per heavy atom. The van der Waals surface area contributed by atoms with E-state index < -0.39 is 9.84 Å². The summed E-state index contributed by atoms with van der Waals surface area (Å²) >= 11 is 13.0. The number of sulfone groups is 1. The second kappa shape index (κ2) is 9.38. The van der Waals surface area contributed by atoms with Crippen LogP contribution in [-0.2, 0) is 16.3 Å². The van der Waals surface area contributed by atoms with Gasteiger partial charge in [-0.15, -0.1) is 0 Å². The van der Waals surface area contributed by atoms with E-state index in [-0.39, 0.29) is 17.0 Å². The van der Waals surface area contributed by atoms with Crippen molar-refractivity contribution in [3.05, 3.63) is 57.6 Å². The predicted molar refractivity (Wildman–Crippen MR) is 132 cm³/mol. The number of benzene rings is 2. The Morgan fingerprint density at radius 2 is 1.76 bits per heavy atom. The SMILES string of the molecule is CS(=O)(=O)c1ccc(O[C@@H]2c3cc(Cl)cc(Cl)c3C[C@@H]2N2CCC[C@H]2CN2CCCC2)cc1. The summed E-state index contributed by atoms with van der Waals surface area (Å²) in [4.78, 5) is 5.50. The zero-order valence-corrected chi connectivity index (χ0v) is 21.2. The summed E-state index contributed by atoms with van der Waals surface area (Å²) in [5.41, 5.74) is 2.15. The van der Waals surface area contributed by atoms with Crippen molar-refractivity contribution < 1.29 is 13.2 Å². The number of hydrogen-bond donors (Lipinski definition) is 0. The molecule has 33 heavy (non-hydrogen) atoms. The van der Waals surface area contributed by atoms with E-state index in [1.165, 1.54) is 45.0 Å². The molecule has 0 radical (unpaired) electrons. The number of ether oxygens (including phenoxy) is 1. The zero-order chi connectivity index (χ0) is 23.2. The van der Waals surface area contributed by atoms with E-state index in [4.69, 9.17) is 27.9 Å². The molecular weight excluding hydrogens is 479 g/mol. The Hall–Kier alpha value is -1.31. The van der Waals surface area contributed by atoms with E-state index in [0.717, 1.165) is 30.6 Å². The van der Waals surface area contributed by atoms with Crippen LogP contribution in [0.3, 0.4) is 0 Å². The lowest BCUT2D eigenvalue weighted by atomic mass is 10.1. The molecule has 2 aromatic carbocycles. The van der Waals surface area contributed by atoms with Crippen molar-refractivity contribution in [1.82, 2.24) is 9.80 Å². The maximum Gasteiger partial charge on any atom is 0.175 e. The fourth-order valence-corrected chi connectivity index (χ4v) is 6.93. The average Bonchev–Trinajstić information content (AvgIpc) is 3.50. The second-order valence-corrected chi connectivity index (χ2v) is 12.4. The lowest BCUT2D eigenvalue weighted by molar-refractivity contribution is 0.0590. The molecule has 5 rings (SSSR count). The highest BCUT2D eigenvalue weighted by molar-refractivity contribution is 7.90. The van der Waals surface area contributed by atoms with Crippen LogP contribution in [-0.4, -0.2) is 62.7 Å². The minimum atomic E-state index is -3.25. The van der Waals surface area contributed by atoms with Gasteiger partial charge in [-0.25, -0.2) is 8.42 Å². The highest BCUT2D eigenvalue weighted by Gasteiger charge is 2.43. The van der Waals surface area contributed by atoms with Gasteiger partial charge in [0, 0.05) is 34.5 Å². The van der Waals surface area contributed by atoms with Crippen LogP contribution in [0.1, 0.15) is 42.9 Å². The largest absolute Gasteiger partial charge is 0.484 e. The molecule has 2 aliphatic heterocycles. The van der Waals surface area contributed by atoms with Crippen molar-refractivity contribution in [3.8, 4) is 5.75 Å². The van der Waals surface area contributed by atoms with Crippen molar-refractivity contribution in [2.24, 2.45) is 0 Å². The number of likely N-dealkylation sites (tertiary alicyclic amines) is 2. The molecule has 0 spiro atoms. The van der Waals surface area contributed by atoms with E-state index in [2.05, 4.69) is 9.80 Å². The fourth-order valence-electron chi connectivity index (χ4n) is 5.72. The molecule has 0 N–H and O–H groups in total. The molecule has 0 saturated carbocycles. The summed E-state index contributed by atoms with van der Waals surface area (Å²) in [6.45, 7) is 4.55. The van der Waals surface area contributed by atoms with Crippen LogP contribution in [0, 0.1) is 0 Å². The first-order chi connectivity index (χ1) is 15.8. The van der Waals surface area contributed by atoms with E-state index in [1.807, 2.05) is 12.1 Å². The molecule has 0 unspecified atom stereocenters. The Bertz CT molecular complexity index is 1120. The van der Waals surface area contributed by atoms with Crippen LogP contribution in [0.25, 0.3) is 0 Å². The van der Waals surface area contributed by atoms with Crippen molar-refractivity contribution in [2.45, 2.75) is 55.2 Å². The molecule has 3 atom stereocenters. The summed E-state index contributed by atoms with van der Waals surface area (Å²) in [6, 6.07) is 11.2. The molecule has 0 amide bonds. The number of halogens is 2. The first-order valence-corrected chi connectivity index (χ1v) is 14.4. The van der Waals surface area contributed by atoms with E-state index >= 15 is 0 Å². The Balaban J connectivity index is 1.44. The first kappa shape index (κ1) is 23.4. The molecule has 0 aromatic heterocycles. The standard InChI is InChI=1S/C25H30Cl2N2O3S/c1-33(30,31)20-8-6-19(7-9-20)32-25-22-13-17(26)14-23(27)21(22)15-24(25)29-12-4-5-18(29)16-28-10-2-3-11-28/h6-9,13-14,18,24-25H,2-5,10-12,15-16H2,1H3/t18-,24-,25+/m0/s1. The smallest absolute Gasteiger partial charge is 0.175 e. The average molecular weight is 509 g/mol. The molecule has 8 heteroatoms. The van der Waals surface area contributed by atoms with Gasteiger partial charge in [0.25, 0.3) is 0 Å². The molecule has 178 valence electrons. The second-order valence-electron chi connectivity index (χ2n) is 9.55. The van der Waals surface area contributed by atoms with E-state index in [9.17, 15) is 8.42 Å². The van der Waals surface area contributed by atoms with Gasteiger partial charge in [-0.1, -0.05) is 23.2 Å². The van der Waals surface area contributed by atoms with Crippen LogP contribution in [0.4, 0.5) is 0 Å². The predicted octanol–water partition coefficient (Wildman–Crippen LogP) is 5.00. The van der Waals surface area contributed by atoms with Gasteiger partial charge in [0.05, 0.1) is 10.9 Å². The van der Waals surface area contributed by atoms with Crippen molar-refractivity contribution >= 4 is 33.0 Å². The minimum Gasteiger partial charge on any atom is -0.484 e. The van der Waals surface area contributed by atoms with Gasteiger partial charge >= 0.3 is 0 Å². The monoisotopic (exact) mass is 508 g/mol. The molecule has 3 aliphatic rings. The zero-order valence-electron chi connectivity index (χ0n) is 18.8. The first-order valence-electron chi connectivity index (χ1n) is 11.7. The van der Waals surface area contributed by atoms with Gasteiger partial charge in [-0.2, -0.15) is 0 Å². The molecule has 1 aliphatic carbocycles. The van der Waals surface area contributed by atoms with Gasteiger partial charge in [0.2, 0.25) is 0 Å². The third kappa shape index (κ3) is 4.92. The number of rotatable bonds is 6. The maximum atomic E-state index is 11.9. The van der Waals surface area contributed by atoms with Crippen molar-refractivity contribution in [1.29, 1.82) is 0 Å². The summed E-state index contributed by atoms with van der Waals surface area (Å²) in [5, 5.41) is 1.30. The third-order valence-electron chi connectivity index (χ3n) is 7.30. The molecule has 2 heterocycles. The number of hydrogen-bond acceptors (Lipinski definition) is 5. The Morgan fingerprint density at radius 3 is 2.45 bits per heavy atom.